The molecular weight excluding hydrogens is 282 g/mol. The summed E-state index contributed by atoms with van der Waals surface area (Å²) in [6.07, 6.45) is 0. The molecule has 0 heterocycles. The molecule has 0 saturated heterocycles. The molecule has 12 heavy (non-hydrogen) atoms. The molecule has 0 amide bonds. The second kappa shape index (κ2) is 3.48. The minimum atomic E-state index is -0.275. The molecule has 0 aliphatic carbocycles. The second-order valence-electron chi connectivity index (χ2n) is 3.35. The highest BCUT2D eigenvalue weighted by atomic mass is 79.9. The summed E-state index contributed by atoms with van der Waals surface area (Å²) < 4.78 is 2.09. The molecule has 1 nitrogen and oxygen atoms in total. The van der Waals surface area contributed by atoms with E-state index >= 15 is 0 Å². The lowest BCUT2D eigenvalue weighted by atomic mass is 9.96. The van der Waals surface area contributed by atoms with E-state index in [4.69, 9.17) is 5.73 Å². The summed E-state index contributed by atoms with van der Waals surface area (Å²) in [6.45, 7) is 3.98. The topological polar surface area (TPSA) is 26.0 Å². The summed E-state index contributed by atoms with van der Waals surface area (Å²) in [7, 11) is 0. The van der Waals surface area contributed by atoms with Crippen LogP contribution in [0.1, 0.15) is 19.4 Å². The first-order chi connectivity index (χ1) is 5.41. The van der Waals surface area contributed by atoms with E-state index in [0.717, 1.165) is 14.5 Å². The third-order valence-corrected chi connectivity index (χ3v) is 3.54. The summed E-state index contributed by atoms with van der Waals surface area (Å²) in [5.41, 5.74) is 6.79. The fraction of sp³-hybridized carbons (Fsp3) is 0.333. The molecule has 0 fully saturated rings. The maximum atomic E-state index is 5.94. The first kappa shape index (κ1) is 10.2. The molecule has 66 valence electrons. The van der Waals surface area contributed by atoms with Crippen LogP contribution in [0, 0.1) is 0 Å². The average molecular weight is 293 g/mol. The smallest absolute Gasteiger partial charge is 0.0352 e. The van der Waals surface area contributed by atoms with Gasteiger partial charge < -0.3 is 5.73 Å². The van der Waals surface area contributed by atoms with Gasteiger partial charge in [-0.25, -0.2) is 0 Å². The molecule has 1 aromatic rings. The van der Waals surface area contributed by atoms with Crippen molar-refractivity contribution in [2.75, 3.05) is 0 Å². The maximum Gasteiger partial charge on any atom is 0.0352 e. The maximum absolute atomic E-state index is 5.94. The predicted molar refractivity (Wildman–Crippen MR) is 59.1 cm³/mol. The lowest BCUT2D eigenvalue weighted by Crippen LogP contribution is -2.28. The van der Waals surface area contributed by atoms with Crippen LogP contribution in [-0.4, -0.2) is 0 Å². The molecule has 0 atom stereocenters. The SMILES string of the molecule is CC(C)(N)c1ccc(Br)c(Br)c1. The van der Waals surface area contributed by atoms with E-state index in [9.17, 15) is 0 Å². The van der Waals surface area contributed by atoms with Gasteiger partial charge in [0.1, 0.15) is 0 Å². The van der Waals surface area contributed by atoms with Gasteiger partial charge in [-0.15, -0.1) is 0 Å². The Morgan fingerprint density at radius 2 is 1.75 bits per heavy atom. The number of benzene rings is 1. The third-order valence-electron chi connectivity index (χ3n) is 1.66. The van der Waals surface area contributed by atoms with E-state index in [-0.39, 0.29) is 5.54 Å². The van der Waals surface area contributed by atoms with Crippen LogP contribution in [0.2, 0.25) is 0 Å². The highest BCUT2D eigenvalue weighted by Gasteiger charge is 2.14. The van der Waals surface area contributed by atoms with Crippen molar-refractivity contribution in [2.24, 2.45) is 5.73 Å². The summed E-state index contributed by atoms with van der Waals surface area (Å²) in [5, 5.41) is 0. The number of nitrogens with two attached hydrogens (primary N) is 1. The Morgan fingerprint density at radius 1 is 1.17 bits per heavy atom. The van der Waals surface area contributed by atoms with Crippen molar-refractivity contribution in [1.29, 1.82) is 0 Å². The highest BCUT2D eigenvalue weighted by Crippen LogP contribution is 2.27. The van der Waals surface area contributed by atoms with Crippen LogP contribution in [0.15, 0.2) is 27.1 Å². The lowest BCUT2D eigenvalue weighted by molar-refractivity contribution is 0.554. The molecular formula is C9H11Br2N. The summed E-state index contributed by atoms with van der Waals surface area (Å²) in [4.78, 5) is 0. The zero-order chi connectivity index (χ0) is 9.35. The van der Waals surface area contributed by atoms with Crippen LogP contribution in [0.25, 0.3) is 0 Å². The van der Waals surface area contributed by atoms with E-state index < -0.39 is 0 Å². The van der Waals surface area contributed by atoms with Crippen LogP contribution < -0.4 is 5.73 Å². The van der Waals surface area contributed by atoms with Gasteiger partial charge in [0, 0.05) is 14.5 Å². The van der Waals surface area contributed by atoms with Gasteiger partial charge >= 0.3 is 0 Å². The average Bonchev–Trinajstić information content (AvgIpc) is 1.92. The van der Waals surface area contributed by atoms with Crippen molar-refractivity contribution in [1.82, 2.24) is 0 Å². The Kier molecular flexibility index (Phi) is 2.97. The zero-order valence-corrected chi connectivity index (χ0v) is 10.2. The Bertz CT molecular complexity index is 289. The first-order valence-corrected chi connectivity index (χ1v) is 5.24. The van der Waals surface area contributed by atoms with Gasteiger partial charge in [-0.2, -0.15) is 0 Å². The summed E-state index contributed by atoms with van der Waals surface area (Å²) in [5.74, 6) is 0. The minimum absolute atomic E-state index is 0.275. The fourth-order valence-corrected chi connectivity index (χ4v) is 1.52. The molecule has 1 aromatic carbocycles. The Morgan fingerprint density at radius 3 is 2.17 bits per heavy atom. The zero-order valence-electron chi connectivity index (χ0n) is 7.07. The van der Waals surface area contributed by atoms with Crippen molar-refractivity contribution in [3.63, 3.8) is 0 Å². The molecule has 0 aromatic heterocycles. The van der Waals surface area contributed by atoms with Gasteiger partial charge in [0.05, 0.1) is 0 Å². The van der Waals surface area contributed by atoms with Crippen molar-refractivity contribution in [3.05, 3.63) is 32.7 Å². The largest absolute Gasteiger partial charge is 0.322 e. The van der Waals surface area contributed by atoms with Crippen molar-refractivity contribution >= 4 is 31.9 Å². The van der Waals surface area contributed by atoms with Crippen molar-refractivity contribution in [2.45, 2.75) is 19.4 Å². The molecule has 2 N–H and O–H groups in total. The molecule has 1 rings (SSSR count). The standard InChI is InChI=1S/C9H11Br2N/c1-9(2,12)6-3-4-7(10)8(11)5-6/h3-5H,12H2,1-2H3. The second-order valence-corrected chi connectivity index (χ2v) is 5.06. The van der Waals surface area contributed by atoms with Crippen LogP contribution >= 0.6 is 31.9 Å². The Labute approximate surface area is 89.6 Å². The van der Waals surface area contributed by atoms with E-state index in [1.54, 1.807) is 0 Å². The number of halogens is 2. The predicted octanol–water partition coefficient (Wildman–Crippen LogP) is 3.41. The van der Waals surface area contributed by atoms with Crippen LogP contribution in [-0.2, 0) is 5.54 Å². The van der Waals surface area contributed by atoms with E-state index in [1.807, 2.05) is 32.0 Å². The van der Waals surface area contributed by atoms with E-state index in [1.165, 1.54) is 0 Å². The van der Waals surface area contributed by atoms with E-state index in [0.29, 0.717) is 0 Å². The minimum Gasteiger partial charge on any atom is -0.322 e. The molecule has 0 unspecified atom stereocenters. The van der Waals surface area contributed by atoms with Gasteiger partial charge in [-0.05, 0) is 63.4 Å². The van der Waals surface area contributed by atoms with Crippen LogP contribution in [0.3, 0.4) is 0 Å². The fourth-order valence-electron chi connectivity index (χ4n) is 0.897. The van der Waals surface area contributed by atoms with Gasteiger partial charge in [0.2, 0.25) is 0 Å². The van der Waals surface area contributed by atoms with Crippen molar-refractivity contribution in [3.8, 4) is 0 Å². The van der Waals surface area contributed by atoms with Crippen LogP contribution in [0.5, 0.6) is 0 Å². The quantitative estimate of drug-likeness (QED) is 0.843. The number of hydrogen-bond acceptors (Lipinski definition) is 1. The summed E-state index contributed by atoms with van der Waals surface area (Å²) >= 11 is 6.84. The van der Waals surface area contributed by atoms with Crippen LogP contribution in [0.4, 0.5) is 0 Å². The molecule has 0 aliphatic rings. The summed E-state index contributed by atoms with van der Waals surface area (Å²) in [6, 6.07) is 6.05. The molecule has 3 heteroatoms. The van der Waals surface area contributed by atoms with Gasteiger partial charge in [-0.3, -0.25) is 0 Å². The van der Waals surface area contributed by atoms with Gasteiger partial charge in [-0.1, -0.05) is 6.07 Å². The number of hydrogen-bond donors (Lipinski definition) is 1. The molecule has 0 spiro atoms. The molecule has 0 saturated carbocycles. The monoisotopic (exact) mass is 291 g/mol. The molecule has 0 aliphatic heterocycles. The number of rotatable bonds is 1. The Hall–Kier alpha value is 0.140. The van der Waals surface area contributed by atoms with Gasteiger partial charge in [0.15, 0.2) is 0 Å². The van der Waals surface area contributed by atoms with E-state index in [2.05, 4.69) is 31.9 Å². The molecule has 0 radical (unpaired) electrons. The van der Waals surface area contributed by atoms with Crippen molar-refractivity contribution < 1.29 is 0 Å². The normalized spacial score (nSPS) is 11.8. The lowest BCUT2D eigenvalue weighted by Gasteiger charge is -2.19. The Balaban J connectivity index is 3.14. The third kappa shape index (κ3) is 2.31. The van der Waals surface area contributed by atoms with Gasteiger partial charge in [0.25, 0.3) is 0 Å². The highest BCUT2D eigenvalue weighted by molar-refractivity contribution is 9.13. The molecule has 0 bridgehead atoms. The first-order valence-electron chi connectivity index (χ1n) is 3.65.